The zero-order chi connectivity index (χ0) is 28.6. The number of nitrogens with zero attached hydrogens (tertiary/aromatic N) is 1. The molecule has 0 bridgehead atoms. The Hall–Kier alpha value is -3.67. The quantitative estimate of drug-likeness (QED) is 0.251. The van der Waals surface area contributed by atoms with Crippen molar-refractivity contribution < 1.29 is 35.9 Å². The first kappa shape index (κ1) is 26.5. The van der Waals surface area contributed by atoms with E-state index in [0.717, 1.165) is 30.7 Å². The molecule has 1 fully saturated rings. The molecular weight excluding hydrogens is 560 g/mol. The second-order valence-corrected chi connectivity index (χ2v) is 11.0. The number of alkyl halides is 6. The van der Waals surface area contributed by atoms with Crippen molar-refractivity contribution in [2.75, 3.05) is 0 Å². The van der Waals surface area contributed by atoms with Crippen molar-refractivity contribution >= 4 is 22.7 Å². The van der Waals surface area contributed by atoms with Gasteiger partial charge in [0, 0.05) is 22.1 Å². The number of fused-ring (bicyclic) bond motifs is 6. The van der Waals surface area contributed by atoms with Crippen molar-refractivity contribution in [2.45, 2.75) is 59.7 Å². The van der Waals surface area contributed by atoms with Crippen LogP contribution in [0.15, 0.2) is 72.3 Å². The third-order valence-electron chi connectivity index (χ3n) is 7.69. The Morgan fingerprint density at radius 3 is 2.27 bits per heavy atom. The van der Waals surface area contributed by atoms with Crippen LogP contribution < -0.4 is 11.2 Å². The van der Waals surface area contributed by atoms with Crippen LogP contribution in [0.2, 0.25) is 0 Å². The van der Waals surface area contributed by atoms with Crippen molar-refractivity contribution in [3.8, 4) is 11.4 Å². The zero-order valence-corrected chi connectivity index (χ0v) is 21.3. The molecule has 1 aliphatic heterocycles. The van der Waals surface area contributed by atoms with Gasteiger partial charge in [-0.15, -0.1) is 0 Å². The molecule has 0 unspecified atom stereocenters. The first-order valence-corrected chi connectivity index (χ1v) is 13.2. The summed E-state index contributed by atoms with van der Waals surface area (Å²) in [4.78, 5) is 25.8. The maximum absolute atomic E-state index is 13.9. The van der Waals surface area contributed by atoms with Gasteiger partial charge < -0.3 is 9.52 Å². The molecule has 208 valence electrons. The summed E-state index contributed by atoms with van der Waals surface area (Å²) >= 11 is 0.314. The Morgan fingerprint density at radius 2 is 1.60 bits per heavy atom. The van der Waals surface area contributed by atoms with Crippen molar-refractivity contribution in [2.24, 2.45) is 0 Å². The second-order valence-electron chi connectivity index (χ2n) is 9.95. The maximum atomic E-state index is 13.9. The molecule has 2 aliphatic rings. The largest absolute Gasteiger partial charge is 0.505 e. The maximum Gasteiger partial charge on any atom is 0.417 e. The van der Waals surface area contributed by atoms with Crippen molar-refractivity contribution in [1.82, 2.24) is 4.57 Å². The summed E-state index contributed by atoms with van der Waals surface area (Å²) in [5.41, 5.74) is -4.23. The average Bonchev–Trinajstić information content (AvgIpc) is 3.14. The Labute approximate surface area is 226 Å². The number of aromatic nitrogens is 1. The van der Waals surface area contributed by atoms with E-state index < -0.39 is 56.1 Å². The highest BCUT2D eigenvalue weighted by molar-refractivity contribution is 7.99. The number of hydrogen-bond acceptors (Lipinski definition) is 5. The van der Waals surface area contributed by atoms with Crippen LogP contribution in [0.1, 0.15) is 54.5 Å². The highest BCUT2D eigenvalue weighted by Gasteiger charge is 2.47. The SMILES string of the molecule is O=c1oc2cc3n(c(=O)c2c(O)c1Sc1ccccc1C(F)(F)F)-c1ccc(C(F)(F)F)cc1C31CCCCC1. The van der Waals surface area contributed by atoms with E-state index in [1.807, 2.05) is 0 Å². The molecule has 1 N–H and O–H groups in total. The molecule has 0 atom stereocenters. The number of hydrogen-bond donors (Lipinski definition) is 1. The van der Waals surface area contributed by atoms with Crippen LogP contribution in [-0.4, -0.2) is 9.67 Å². The van der Waals surface area contributed by atoms with E-state index in [4.69, 9.17) is 4.42 Å². The fraction of sp³-hybridized carbons (Fsp3) is 0.286. The highest BCUT2D eigenvalue weighted by Crippen LogP contribution is 2.53. The lowest BCUT2D eigenvalue weighted by Gasteiger charge is -2.35. The summed E-state index contributed by atoms with van der Waals surface area (Å²) in [6.07, 6.45) is -6.17. The predicted octanol–water partition coefficient (Wildman–Crippen LogP) is 7.40. The van der Waals surface area contributed by atoms with Gasteiger partial charge in [0.05, 0.1) is 16.8 Å². The lowest BCUT2D eigenvalue weighted by Crippen LogP contribution is -2.31. The van der Waals surface area contributed by atoms with Gasteiger partial charge in [-0.2, -0.15) is 26.3 Å². The first-order valence-electron chi connectivity index (χ1n) is 12.4. The number of aromatic hydroxyl groups is 1. The first-order chi connectivity index (χ1) is 18.8. The van der Waals surface area contributed by atoms with Crippen LogP contribution in [-0.2, 0) is 17.8 Å². The van der Waals surface area contributed by atoms with E-state index in [-0.39, 0.29) is 16.2 Å². The van der Waals surface area contributed by atoms with Gasteiger partial charge >= 0.3 is 18.0 Å². The molecular formula is C28H19F6NO4S. The molecule has 1 spiro atoms. The molecule has 2 aromatic carbocycles. The zero-order valence-electron chi connectivity index (χ0n) is 20.4. The average molecular weight is 580 g/mol. The minimum absolute atomic E-state index is 0.221. The predicted molar refractivity (Wildman–Crippen MR) is 134 cm³/mol. The minimum Gasteiger partial charge on any atom is -0.505 e. The Kier molecular flexibility index (Phi) is 5.92. The van der Waals surface area contributed by atoms with Crippen molar-refractivity contribution in [1.29, 1.82) is 0 Å². The lowest BCUT2D eigenvalue weighted by atomic mass is 9.68. The van der Waals surface area contributed by atoms with E-state index in [9.17, 15) is 41.0 Å². The fourth-order valence-electron chi connectivity index (χ4n) is 5.93. The monoisotopic (exact) mass is 579 g/mol. The van der Waals surface area contributed by atoms with E-state index in [1.165, 1.54) is 28.8 Å². The van der Waals surface area contributed by atoms with Gasteiger partial charge in [-0.25, -0.2) is 4.79 Å². The summed E-state index contributed by atoms with van der Waals surface area (Å²) in [6, 6.07) is 8.96. The van der Waals surface area contributed by atoms with E-state index >= 15 is 0 Å². The molecule has 1 aliphatic carbocycles. The van der Waals surface area contributed by atoms with Crippen LogP contribution in [0.3, 0.4) is 0 Å². The Morgan fingerprint density at radius 1 is 0.900 bits per heavy atom. The number of pyridine rings is 1. The molecule has 6 rings (SSSR count). The van der Waals surface area contributed by atoms with Crippen molar-refractivity contribution in [3.63, 3.8) is 0 Å². The van der Waals surface area contributed by atoms with Gasteiger partial charge in [0.1, 0.15) is 15.9 Å². The molecule has 0 radical (unpaired) electrons. The molecule has 2 aromatic heterocycles. The standard InChI is InChI=1S/C28H19F6NO4S/c29-27(30,31)14-8-9-17-16(12-14)26(10-4-1-5-11-26)20-13-18-21(24(37)35(17)20)22(36)23(25(38)39-18)40-19-7-3-2-6-15(19)28(32,33)34/h2-3,6-9,12-13,36H,1,4-5,10-11H2. The molecule has 4 aromatic rings. The summed E-state index contributed by atoms with van der Waals surface area (Å²) in [5, 5.41) is 10.6. The van der Waals surface area contributed by atoms with Gasteiger partial charge in [0.15, 0.2) is 5.75 Å². The van der Waals surface area contributed by atoms with Gasteiger partial charge in [-0.3, -0.25) is 9.36 Å². The number of rotatable bonds is 2. The minimum atomic E-state index is -4.75. The van der Waals surface area contributed by atoms with Crippen molar-refractivity contribution in [3.05, 3.63) is 91.7 Å². The van der Waals surface area contributed by atoms with Crippen LogP contribution in [0.5, 0.6) is 5.75 Å². The number of halogens is 6. The molecule has 3 heterocycles. The molecule has 5 nitrogen and oxygen atoms in total. The molecule has 1 saturated carbocycles. The molecule has 12 heteroatoms. The van der Waals surface area contributed by atoms with E-state index in [0.29, 0.717) is 48.7 Å². The molecule has 0 saturated heterocycles. The molecule has 0 amide bonds. The van der Waals surface area contributed by atoms with Crippen LogP contribution >= 0.6 is 11.8 Å². The van der Waals surface area contributed by atoms with Gasteiger partial charge in [-0.1, -0.05) is 43.2 Å². The third kappa shape index (κ3) is 3.94. The van der Waals surface area contributed by atoms with Crippen LogP contribution in [0.25, 0.3) is 16.7 Å². The third-order valence-corrected chi connectivity index (χ3v) is 8.83. The van der Waals surface area contributed by atoms with E-state index in [2.05, 4.69) is 0 Å². The smallest absolute Gasteiger partial charge is 0.417 e. The number of benzene rings is 2. The Balaban J connectivity index is 1.60. The molecule has 40 heavy (non-hydrogen) atoms. The summed E-state index contributed by atoms with van der Waals surface area (Å²) in [6.45, 7) is 0. The Bertz CT molecular complexity index is 1800. The van der Waals surface area contributed by atoms with Crippen LogP contribution in [0, 0.1) is 0 Å². The van der Waals surface area contributed by atoms with E-state index in [1.54, 1.807) is 0 Å². The van der Waals surface area contributed by atoms with Gasteiger partial charge in [0.25, 0.3) is 5.56 Å². The van der Waals surface area contributed by atoms with Gasteiger partial charge in [-0.05, 0) is 48.7 Å². The lowest BCUT2D eigenvalue weighted by molar-refractivity contribution is -0.140. The normalized spacial score (nSPS) is 16.4. The van der Waals surface area contributed by atoms with Crippen LogP contribution in [0.4, 0.5) is 26.3 Å². The fourth-order valence-corrected chi connectivity index (χ4v) is 6.92. The topological polar surface area (TPSA) is 72.4 Å². The second kappa shape index (κ2) is 8.92. The summed E-state index contributed by atoms with van der Waals surface area (Å²) < 4.78 is 88.1. The highest BCUT2D eigenvalue weighted by atomic mass is 32.2. The van der Waals surface area contributed by atoms with Gasteiger partial charge in [0.2, 0.25) is 0 Å². The summed E-state index contributed by atoms with van der Waals surface area (Å²) in [7, 11) is 0. The summed E-state index contributed by atoms with van der Waals surface area (Å²) in [5.74, 6) is -0.855.